The number of fused-ring (bicyclic) bond motifs is 1. The second-order valence-electron chi connectivity index (χ2n) is 9.33. The van der Waals surface area contributed by atoms with Crippen LogP contribution in [0.2, 0.25) is 0 Å². The van der Waals surface area contributed by atoms with E-state index in [0.717, 1.165) is 24.1 Å². The van der Waals surface area contributed by atoms with Gasteiger partial charge in [-0.25, -0.2) is 9.37 Å². The van der Waals surface area contributed by atoms with E-state index in [2.05, 4.69) is 17.3 Å². The predicted octanol–water partition coefficient (Wildman–Crippen LogP) is 6.09. The fraction of sp³-hybridized carbons (Fsp3) is 0.290. The Balaban J connectivity index is 1.73. The molecule has 0 amide bonds. The molecule has 0 radical (unpaired) electrons. The summed E-state index contributed by atoms with van der Waals surface area (Å²) in [6.45, 7) is 2.52. The minimum Gasteiger partial charge on any atom is -0.481 e. The van der Waals surface area contributed by atoms with E-state index in [-0.39, 0.29) is 12.0 Å². The number of benzene rings is 3. The molecule has 0 aliphatic carbocycles. The van der Waals surface area contributed by atoms with Crippen LogP contribution in [-0.2, 0) is 22.5 Å². The lowest BCUT2D eigenvalue weighted by Gasteiger charge is -2.15. The number of aryl methyl sites for hydroxylation is 2. The van der Waals surface area contributed by atoms with Crippen molar-refractivity contribution in [1.82, 2.24) is 9.55 Å². The van der Waals surface area contributed by atoms with Gasteiger partial charge in [-0.3, -0.25) is 14.2 Å². The maximum atomic E-state index is 13.7. The number of aromatic nitrogens is 2. The highest BCUT2D eigenvalue weighted by molar-refractivity contribution is 6.02. The third-order valence-electron chi connectivity index (χ3n) is 6.36. The van der Waals surface area contributed by atoms with E-state index in [9.17, 15) is 14.0 Å². The number of rotatable bonds is 13. The zero-order valence-corrected chi connectivity index (χ0v) is 22.0. The molecule has 1 heterocycles. The Morgan fingerprint density at radius 1 is 1.00 bits per heavy atom. The number of carboxylic acid groups (broad SMARTS) is 1. The minimum atomic E-state index is -0.866. The van der Waals surface area contributed by atoms with E-state index in [0.29, 0.717) is 54.7 Å². The molecular weight excluding hydrogens is 497 g/mol. The second kappa shape index (κ2) is 13.5. The van der Waals surface area contributed by atoms with Crippen molar-refractivity contribution in [2.45, 2.75) is 51.9 Å². The Labute approximate surface area is 226 Å². The summed E-state index contributed by atoms with van der Waals surface area (Å²) in [5.74, 6) is -0.776. The van der Waals surface area contributed by atoms with Crippen LogP contribution in [0.25, 0.3) is 16.6 Å². The summed E-state index contributed by atoms with van der Waals surface area (Å²) in [5.41, 5.74) is 3.53. The average Bonchev–Trinajstić information content (AvgIpc) is 2.94. The van der Waals surface area contributed by atoms with E-state index in [1.54, 1.807) is 18.2 Å². The summed E-state index contributed by atoms with van der Waals surface area (Å²) in [6.07, 6.45) is 3.70. The summed E-state index contributed by atoms with van der Waals surface area (Å²) in [6, 6.07) is 21.3. The van der Waals surface area contributed by atoms with Crippen LogP contribution in [0.4, 0.5) is 4.39 Å². The molecule has 1 aromatic heterocycles. The summed E-state index contributed by atoms with van der Waals surface area (Å²) in [7, 11) is 0. The summed E-state index contributed by atoms with van der Waals surface area (Å²) in [4.78, 5) is 35.0. The normalized spacial score (nSPS) is 11.6. The fourth-order valence-electron chi connectivity index (χ4n) is 4.36. The van der Waals surface area contributed by atoms with Gasteiger partial charge in [0.2, 0.25) is 0 Å². The largest absolute Gasteiger partial charge is 0.481 e. The molecule has 0 bridgehead atoms. The third kappa shape index (κ3) is 7.37. The molecule has 202 valence electrons. The molecule has 4 aromatic rings. The van der Waals surface area contributed by atoms with Gasteiger partial charge >= 0.3 is 5.97 Å². The highest BCUT2D eigenvalue weighted by Crippen LogP contribution is 2.19. The predicted molar refractivity (Wildman–Crippen MR) is 150 cm³/mol. The number of hydrogen-bond donors (Lipinski definition) is 1. The van der Waals surface area contributed by atoms with Crippen molar-refractivity contribution < 1.29 is 19.1 Å². The molecule has 0 aliphatic rings. The van der Waals surface area contributed by atoms with Crippen LogP contribution < -0.4 is 5.56 Å². The smallest absolute Gasteiger partial charge is 0.303 e. The van der Waals surface area contributed by atoms with Crippen LogP contribution >= 0.6 is 0 Å². The molecule has 8 heteroatoms. The van der Waals surface area contributed by atoms with E-state index in [1.165, 1.54) is 22.3 Å². The lowest BCUT2D eigenvalue weighted by molar-refractivity contribution is -0.137. The number of oxime groups is 1. The molecule has 0 saturated carbocycles. The number of halogens is 1. The minimum absolute atomic E-state index is 0.0392. The Hall–Kier alpha value is -4.33. The lowest BCUT2D eigenvalue weighted by atomic mass is 10.0. The maximum Gasteiger partial charge on any atom is 0.303 e. The Morgan fingerprint density at radius 3 is 2.49 bits per heavy atom. The SMILES string of the molecule is CCCO/N=C(\CCc1ccccc1)c1ccc2c(=O)n(-c3ccc(F)cc3)c(CCCCC(=O)O)nc2c1. The first kappa shape index (κ1) is 27.7. The Kier molecular flexibility index (Phi) is 9.56. The molecule has 0 atom stereocenters. The quantitative estimate of drug-likeness (QED) is 0.129. The number of carboxylic acids is 1. The van der Waals surface area contributed by atoms with Gasteiger partial charge in [0.1, 0.15) is 18.2 Å². The van der Waals surface area contributed by atoms with Gasteiger partial charge < -0.3 is 9.94 Å². The van der Waals surface area contributed by atoms with Gasteiger partial charge in [0, 0.05) is 18.4 Å². The molecule has 3 aromatic carbocycles. The van der Waals surface area contributed by atoms with Gasteiger partial charge in [0.25, 0.3) is 5.56 Å². The first-order valence-electron chi connectivity index (χ1n) is 13.2. The molecule has 7 nitrogen and oxygen atoms in total. The average molecular weight is 530 g/mol. The molecule has 0 saturated heterocycles. The topological polar surface area (TPSA) is 93.8 Å². The monoisotopic (exact) mass is 529 g/mol. The molecule has 0 unspecified atom stereocenters. The summed E-state index contributed by atoms with van der Waals surface area (Å²) < 4.78 is 15.1. The van der Waals surface area contributed by atoms with Crippen LogP contribution in [0.3, 0.4) is 0 Å². The zero-order valence-electron chi connectivity index (χ0n) is 22.0. The second-order valence-corrected chi connectivity index (χ2v) is 9.33. The van der Waals surface area contributed by atoms with Crippen molar-refractivity contribution in [3.63, 3.8) is 0 Å². The first-order valence-corrected chi connectivity index (χ1v) is 13.2. The molecular formula is C31H32FN3O4. The van der Waals surface area contributed by atoms with Crippen molar-refractivity contribution in [3.8, 4) is 5.69 Å². The van der Waals surface area contributed by atoms with Gasteiger partial charge in [-0.15, -0.1) is 0 Å². The van der Waals surface area contributed by atoms with Crippen LogP contribution in [0, 0.1) is 5.82 Å². The molecule has 39 heavy (non-hydrogen) atoms. The Bertz CT molecular complexity index is 1500. The van der Waals surface area contributed by atoms with Gasteiger partial charge in [0.15, 0.2) is 0 Å². The standard InChI is InChI=1S/C31H32FN3O4/c1-2-20-39-34-27(19-12-22-8-4-3-5-9-22)23-13-18-26-28(21-23)33-29(10-6-7-11-30(36)37)35(31(26)38)25-16-14-24(32)15-17-25/h3-5,8-9,13-18,21H,2,6-7,10-12,19-20H2,1H3,(H,36,37)/b34-27+. The van der Waals surface area contributed by atoms with Gasteiger partial charge in [-0.1, -0.05) is 48.5 Å². The van der Waals surface area contributed by atoms with Crippen molar-refractivity contribution in [2.75, 3.05) is 6.61 Å². The Morgan fingerprint density at radius 2 is 1.77 bits per heavy atom. The highest BCUT2D eigenvalue weighted by Gasteiger charge is 2.15. The van der Waals surface area contributed by atoms with Crippen molar-refractivity contribution in [2.24, 2.45) is 5.16 Å². The number of carbonyl (C=O) groups is 1. The van der Waals surface area contributed by atoms with Crippen molar-refractivity contribution in [3.05, 3.63) is 106 Å². The van der Waals surface area contributed by atoms with E-state index in [1.807, 2.05) is 37.3 Å². The van der Waals surface area contributed by atoms with Gasteiger partial charge in [-0.05, 0) is 74.1 Å². The van der Waals surface area contributed by atoms with Crippen LogP contribution in [0.5, 0.6) is 0 Å². The third-order valence-corrected chi connectivity index (χ3v) is 6.36. The van der Waals surface area contributed by atoms with Crippen molar-refractivity contribution in [1.29, 1.82) is 0 Å². The first-order chi connectivity index (χ1) is 19.0. The molecule has 4 rings (SSSR count). The molecule has 1 N–H and O–H groups in total. The lowest BCUT2D eigenvalue weighted by Crippen LogP contribution is -2.24. The summed E-state index contributed by atoms with van der Waals surface area (Å²) in [5, 5.41) is 13.8. The van der Waals surface area contributed by atoms with Crippen LogP contribution in [0.15, 0.2) is 82.7 Å². The number of unbranched alkanes of at least 4 members (excludes halogenated alkanes) is 1. The van der Waals surface area contributed by atoms with E-state index in [4.69, 9.17) is 14.9 Å². The number of nitrogens with zero attached hydrogens (tertiary/aromatic N) is 3. The van der Waals surface area contributed by atoms with Gasteiger partial charge in [0.05, 0.1) is 22.3 Å². The zero-order chi connectivity index (χ0) is 27.6. The van der Waals surface area contributed by atoms with E-state index < -0.39 is 11.8 Å². The van der Waals surface area contributed by atoms with Gasteiger partial charge in [-0.2, -0.15) is 0 Å². The maximum absolute atomic E-state index is 13.7. The molecule has 0 spiro atoms. The number of aliphatic carboxylic acids is 1. The van der Waals surface area contributed by atoms with Crippen molar-refractivity contribution >= 4 is 22.6 Å². The van der Waals surface area contributed by atoms with E-state index >= 15 is 0 Å². The van der Waals surface area contributed by atoms with Crippen LogP contribution in [0.1, 0.15) is 56.0 Å². The highest BCUT2D eigenvalue weighted by atomic mass is 19.1. The molecule has 0 fully saturated rings. The summed E-state index contributed by atoms with van der Waals surface area (Å²) >= 11 is 0. The number of hydrogen-bond acceptors (Lipinski definition) is 5. The molecule has 0 aliphatic heterocycles. The van der Waals surface area contributed by atoms with Crippen LogP contribution in [-0.4, -0.2) is 32.9 Å². The fourth-order valence-corrected chi connectivity index (χ4v) is 4.36.